The Kier molecular flexibility index (Phi) is 44.2. The average Bonchev–Trinajstić information content (AvgIpc) is 3.23. The summed E-state index contributed by atoms with van der Waals surface area (Å²) in [6.45, 7) is 6.31. The molecule has 6 heteroatoms. The SMILES string of the molecule is CC/C=C/C/C=C/C/C=C/CCCCC(CC(=O)NC(CO)C(O)CCCCCCCCCCCC)OC(=O)CCCCCCC/C=C/C=C/C=C/CCCCCCC. The Morgan fingerprint density at radius 1 is 0.525 bits per heavy atom. The molecule has 59 heavy (non-hydrogen) atoms. The lowest BCUT2D eigenvalue weighted by Crippen LogP contribution is -2.46. The van der Waals surface area contributed by atoms with Crippen molar-refractivity contribution in [2.24, 2.45) is 0 Å². The number of carbonyl (C=O) groups excluding carboxylic acids is 2. The topological polar surface area (TPSA) is 95.9 Å². The Labute approximate surface area is 364 Å². The first kappa shape index (κ1) is 56.3. The van der Waals surface area contributed by atoms with Crippen molar-refractivity contribution in [3.8, 4) is 0 Å². The molecular weight excluding hydrogens is 731 g/mol. The van der Waals surface area contributed by atoms with Crippen molar-refractivity contribution >= 4 is 11.9 Å². The molecule has 6 nitrogen and oxygen atoms in total. The second-order valence-corrected chi connectivity index (χ2v) is 16.5. The Morgan fingerprint density at radius 2 is 0.983 bits per heavy atom. The van der Waals surface area contributed by atoms with Crippen LogP contribution in [0.3, 0.4) is 0 Å². The summed E-state index contributed by atoms with van der Waals surface area (Å²) in [5.74, 6) is -0.540. The number of amides is 1. The number of aliphatic hydroxyl groups is 2. The number of allylic oxidation sites excluding steroid dienone is 12. The van der Waals surface area contributed by atoms with Crippen LogP contribution >= 0.6 is 0 Å². The minimum atomic E-state index is -0.803. The van der Waals surface area contributed by atoms with Gasteiger partial charge in [-0.15, -0.1) is 0 Å². The zero-order valence-electron chi connectivity index (χ0n) is 38.6. The summed E-state index contributed by atoms with van der Waals surface area (Å²) in [6, 6.07) is -0.719. The second-order valence-electron chi connectivity index (χ2n) is 16.5. The Bertz CT molecular complexity index is 1110. The fourth-order valence-electron chi connectivity index (χ4n) is 7.09. The van der Waals surface area contributed by atoms with Crippen molar-refractivity contribution in [2.75, 3.05) is 6.61 Å². The van der Waals surface area contributed by atoms with Crippen LogP contribution in [0.25, 0.3) is 0 Å². The molecule has 1 amide bonds. The van der Waals surface area contributed by atoms with Crippen LogP contribution in [-0.2, 0) is 14.3 Å². The zero-order chi connectivity index (χ0) is 43.1. The molecule has 0 aromatic heterocycles. The molecule has 0 aromatic rings. The third-order valence-electron chi connectivity index (χ3n) is 10.8. The summed E-state index contributed by atoms with van der Waals surface area (Å²) in [6.07, 6.45) is 58.2. The minimum absolute atomic E-state index is 0.0401. The smallest absolute Gasteiger partial charge is 0.306 e. The average molecular weight is 824 g/mol. The van der Waals surface area contributed by atoms with Gasteiger partial charge in [-0.1, -0.05) is 203 Å². The van der Waals surface area contributed by atoms with Gasteiger partial charge in [-0.2, -0.15) is 0 Å². The van der Waals surface area contributed by atoms with Crippen LogP contribution in [-0.4, -0.2) is 46.9 Å². The highest BCUT2D eigenvalue weighted by Gasteiger charge is 2.24. The van der Waals surface area contributed by atoms with Crippen LogP contribution in [0.4, 0.5) is 0 Å². The van der Waals surface area contributed by atoms with Gasteiger partial charge in [0.25, 0.3) is 0 Å². The van der Waals surface area contributed by atoms with Crippen molar-refractivity contribution in [1.82, 2.24) is 5.32 Å². The molecule has 0 aliphatic carbocycles. The van der Waals surface area contributed by atoms with Crippen LogP contribution in [0.5, 0.6) is 0 Å². The van der Waals surface area contributed by atoms with E-state index in [-0.39, 0.29) is 24.9 Å². The van der Waals surface area contributed by atoms with Crippen molar-refractivity contribution in [1.29, 1.82) is 0 Å². The summed E-state index contributed by atoms with van der Waals surface area (Å²) in [4.78, 5) is 26.1. The number of rotatable bonds is 43. The number of unbranched alkanes of at least 4 members (excludes halogenated alkanes) is 21. The molecule has 0 fully saturated rings. The van der Waals surface area contributed by atoms with Gasteiger partial charge in [0.2, 0.25) is 5.91 Å². The first-order chi connectivity index (χ1) is 29.0. The predicted molar refractivity (Wildman–Crippen MR) is 255 cm³/mol. The van der Waals surface area contributed by atoms with E-state index in [1.54, 1.807) is 0 Å². The van der Waals surface area contributed by atoms with Gasteiger partial charge in [-0.05, 0) is 83.5 Å². The van der Waals surface area contributed by atoms with E-state index in [0.717, 1.165) is 96.3 Å². The molecular formula is C53H93NO5. The number of esters is 1. The van der Waals surface area contributed by atoms with Gasteiger partial charge in [0.1, 0.15) is 6.10 Å². The number of aliphatic hydroxyl groups excluding tert-OH is 2. The normalized spacial score (nSPS) is 13.9. The van der Waals surface area contributed by atoms with E-state index in [4.69, 9.17) is 4.74 Å². The molecule has 0 heterocycles. The van der Waals surface area contributed by atoms with Gasteiger partial charge in [0, 0.05) is 6.42 Å². The Hall–Kier alpha value is -2.70. The van der Waals surface area contributed by atoms with Gasteiger partial charge in [0.05, 0.1) is 25.2 Å². The van der Waals surface area contributed by atoms with E-state index >= 15 is 0 Å². The predicted octanol–water partition coefficient (Wildman–Crippen LogP) is 14.6. The number of hydrogen-bond acceptors (Lipinski definition) is 5. The molecule has 0 bridgehead atoms. The van der Waals surface area contributed by atoms with Gasteiger partial charge in [-0.3, -0.25) is 9.59 Å². The van der Waals surface area contributed by atoms with Crippen molar-refractivity contribution in [3.05, 3.63) is 72.9 Å². The minimum Gasteiger partial charge on any atom is -0.462 e. The van der Waals surface area contributed by atoms with Gasteiger partial charge >= 0.3 is 5.97 Å². The van der Waals surface area contributed by atoms with E-state index < -0.39 is 18.2 Å². The van der Waals surface area contributed by atoms with E-state index in [2.05, 4.69) is 99.0 Å². The lowest BCUT2D eigenvalue weighted by molar-refractivity contribution is -0.151. The second kappa shape index (κ2) is 46.4. The molecule has 0 aliphatic rings. The number of hydrogen-bond donors (Lipinski definition) is 3. The molecule has 0 saturated heterocycles. The van der Waals surface area contributed by atoms with Crippen LogP contribution in [0, 0.1) is 0 Å². The van der Waals surface area contributed by atoms with E-state index in [1.807, 2.05) is 0 Å². The van der Waals surface area contributed by atoms with Gasteiger partial charge in [0.15, 0.2) is 0 Å². The molecule has 340 valence electrons. The molecule has 3 N–H and O–H groups in total. The van der Waals surface area contributed by atoms with E-state index in [1.165, 1.54) is 83.5 Å². The van der Waals surface area contributed by atoms with Crippen molar-refractivity contribution < 1.29 is 24.5 Å². The monoisotopic (exact) mass is 824 g/mol. The fraction of sp³-hybridized carbons (Fsp3) is 0.736. The standard InChI is InChI=1S/C53H93NO5/c1-4-7-10-13-16-19-22-24-25-26-27-28-29-31-34-37-40-43-46-53(58)59-49(44-41-38-35-32-30-23-20-17-14-11-8-5-2)47-52(57)54-50(48-55)51(56)45-42-39-36-33-21-18-15-12-9-6-3/h8,11,17,20,22,24-28,30,32,49-51,55-56H,4-7,9-10,12-16,18-19,21,23,29,31,33-48H2,1-3H3,(H,54,57)/b11-8+,20-17+,24-22+,26-25+,28-27+,32-30+. The molecule has 3 unspecified atom stereocenters. The number of nitrogens with one attached hydrogen (secondary N) is 1. The highest BCUT2D eigenvalue weighted by atomic mass is 16.5. The molecule has 0 radical (unpaired) electrons. The summed E-state index contributed by atoms with van der Waals surface area (Å²) in [7, 11) is 0. The quantitative estimate of drug-likeness (QED) is 0.0246. The van der Waals surface area contributed by atoms with Crippen molar-refractivity contribution in [2.45, 2.75) is 244 Å². The van der Waals surface area contributed by atoms with Crippen LogP contribution in [0.15, 0.2) is 72.9 Å². The van der Waals surface area contributed by atoms with E-state index in [0.29, 0.717) is 19.3 Å². The maximum absolute atomic E-state index is 13.1. The largest absolute Gasteiger partial charge is 0.462 e. The highest BCUT2D eigenvalue weighted by Crippen LogP contribution is 2.17. The highest BCUT2D eigenvalue weighted by molar-refractivity contribution is 5.77. The summed E-state index contributed by atoms with van der Waals surface area (Å²) < 4.78 is 5.89. The maximum atomic E-state index is 13.1. The fourth-order valence-corrected chi connectivity index (χ4v) is 7.09. The molecule has 0 aliphatic heterocycles. The van der Waals surface area contributed by atoms with Gasteiger partial charge in [-0.25, -0.2) is 0 Å². The third-order valence-corrected chi connectivity index (χ3v) is 10.8. The molecule has 0 aromatic carbocycles. The summed E-state index contributed by atoms with van der Waals surface area (Å²) in [5.41, 5.74) is 0. The maximum Gasteiger partial charge on any atom is 0.306 e. The number of ether oxygens (including phenoxy) is 1. The molecule has 3 atom stereocenters. The molecule has 0 rings (SSSR count). The Balaban J connectivity index is 4.65. The molecule has 0 spiro atoms. The lowest BCUT2D eigenvalue weighted by Gasteiger charge is -2.24. The van der Waals surface area contributed by atoms with Gasteiger partial charge < -0.3 is 20.3 Å². The summed E-state index contributed by atoms with van der Waals surface area (Å²) >= 11 is 0. The van der Waals surface area contributed by atoms with Crippen molar-refractivity contribution in [3.63, 3.8) is 0 Å². The third kappa shape index (κ3) is 41.8. The first-order valence-electron chi connectivity index (χ1n) is 24.7. The lowest BCUT2D eigenvalue weighted by atomic mass is 10.0. The van der Waals surface area contributed by atoms with Crippen LogP contribution < -0.4 is 5.32 Å². The molecule has 0 saturated carbocycles. The van der Waals surface area contributed by atoms with E-state index in [9.17, 15) is 19.8 Å². The Morgan fingerprint density at radius 3 is 1.54 bits per heavy atom. The summed E-state index contributed by atoms with van der Waals surface area (Å²) in [5, 5.41) is 23.6. The van der Waals surface area contributed by atoms with Crippen LogP contribution in [0.1, 0.15) is 226 Å². The first-order valence-corrected chi connectivity index (χ1v) is 24.7. The van der Waals surface area contributed by atoms with Crippen LogP contribution in [0.2, 0.25) is 0 Å². The zero-order valence-corrected chi connectivity index (χ0v) is 38.6. The number of carbonyl (C=O) groups is 2.